The molecule has 2 heterocycles. The number of aromatic nitrogens is 2. The minimum atomic E-state index is -0.250. The van der Waals surface area contributed by atoms with Crippen LogP contribution in [0.3, 0.4) is 0 Å². The topological polar surface area (TPSA) is 94.0 Å². The first kappa shape index (κ1) is 12.6. The van der Waals surface area contributed by atoms with Crippen LogP contribution in [0.2, 0.25) is 0 Å². The van der Waals surface area contributed by atoms with Gasteiger partial charge in [-0.1, -0.05) is 0 Å². The number of hydrogen-bond acceptors (Lipinski definition) is 5. The van der Waals surface area contributed by atoms with E-state index >= 15 is 0 Å². The minimum absolute atomic E-state index is 0. The molecule has 1 aliphatic rings. The first-order valence-corrected chi connectivity index (χ1v) is 5.84. The molecule has 1 aromatic heterocycles. The van der Waals surface area contributed by atoms with Gasteiger partial charge in [-0.3, -0.25) is 9.97 Å². The molecule has 0 saturated carbocycles. The summed E-state index contributed by atoms with van der Waals surface area (Å²) in [5.41, 5.74) is 2.58. The van der Waals surface area contributed by atoms with Crippen molar-refractivity contribution in [2.24, 2.45) is 9.98 Å². The van der Waals surface area contributed by atoms with Crippen LogP contribution >= 0.6 is 15.9 Å². The molecule has 6 nitrogen and oxygen atoms in total. The number of hydrogen-bond donors (Lipinski definition) is 1. The normalized spacial score (nSPS) is 13.8. The summed E-state index contributed by atoms with van der Waals surface area (Å²) >= 11 is 3.52. The zero-order chi connectivity index (χ0) is 11.7. The Hall–Kier alpha value is -1.86. The van der Waals surface area contributed by atoms with Crippen LogP contribution < -0.4 is 5.32 Å². The van der Waals surface area contributed by atoms with Crippen molar-refractivity contribution >= 4 is 45.1 Å². The van der Waals surface area contributed by atoms with E-state index in [9.17, 15) is 0 Å². The molecule has 3 N–H and O–H groups in total. The summed E-state index contributed by atoms with van der Waals surface area (Å²) in [6, 6.07) is 3.85. The number of nitrogens with one attached hydrogen (secondary N) is 1. The highest BCUT2D eigenvalue weighted by Gasteiger charge is 2.11. The van der Waals surface area contributed by atoms with E-state index < -0.39 is 0 Å². The molecule has 0 atom stereocenters. The van der Waals surface area contributed by atoms with Gasteiger partial charge in [-0.05, 0) is 28.1 Å². The second kappa shape index (κ2) is 5.19. The van der Waals surface area contributed by atoms with Crippen molar-refractivity contribution in [1.82, 2.24) is 9.97 Å². The van der Waals surface area contributed by atoms with Crippen molar-refractivity contribution < 1.29 is 5.48 Å². The van der Waals surface area contributed by atoms with Crippen LogP contribution in [0.25, 0.3) is 11.0 Å². The number of benzene rings is 1. The van der Waals surface area contributed by atoms with Gasteiger partial charge in [-0.2, -0.15) is 0 Å². The van der Waals surface area contributed by atoms with E-state index in [1.807, 2.05) is 12.1 Å². The maximum atomic E-state index is 4.29. The third kappa shape index (κ3) is 2.22. The predicted molar refractivity (Wildman–Crippen MR) is 75.2 cm³/mol. The summed E-state index contributed by atoms with van der Waals surface area (Å²) < 4.78 is 0.875. The van der Waals surface area contributed by atoms with E-state index in [-0.39, 0.29) is 11.8 Å². The van der Waals surface area contributed by atoms with Crippen LogP contribution in [0.5, 0.6) is 0 Å². The Bertz CT molecular complexity index is 616. The van der Waals surface area contributed by atoms with Crippen molar-refractivity contribution in [2.75, 3.05) is 5.32 Å². The maximum Gasteiger partial charge on any atom is 0.214 e. The average Bonchev–Trinajstić information content (AvgIpc) is 2.86. The highest BCUT2D eigenvalue weighted by molar-refractivity contribution is 9.10. The van der Waals surface area contributed by atoms with Crippen LogP contribution in [0.1, 0.15) is 0 Å². The zero-order valence-electron chi connectivity index (χ0n) is 9.21. The third-order valence-corrected chi connectivity index (χ3v) is 3.19. The molecular formula is C11H10BrN5O. The molecule has 0 amide bonds. The first-order valence-electron chi connectivity index (χ1n) is 5.05. The van der Waals surface area contributed by atoms with E-state index in [2.05, 4.69) is 41.2 Å². The Morgan fingerprint density at radius 3 is 2.56 bits per heavy atom. The summed E-state index contributed by atoms with van der Waals surface area (Å²) in [5.74, 6) is 0. The molecular weight excluding hydrogens is 298 g/mol. The van der Waals surface area contributed by atoms with Crippen molar-refractivity contribution in [3.63, 3.8) is 0 Å². The van der Waals surface area contributed by atoms with E-state index in [4.69, 9.17) is 0 Å². The molecule has 2 aromatic rings. The van der Waals surface area contributed by atoms with Gasteiger partial charge in [0, 0.05) is 24.8 Å². The largest absolute Gasteiger partial charge is 0.412 e. The smallest absolute Gasteiger partial charge is 0.214 e. The molecule has 92 valence electrons. The lowest BCUT2D eigenvalue weighted by molar-refractivity contribution is 0.824. The molecule has 0 aliphatic carbocycles. The highest BCUT2D eigenvalue weighted by atomic mass is 79.9. The lowest BCUT2D eigenvalue weighted by Crippen LogP contribution is -2.12. The van der Waals surface area contributed by atoms with Gasteiger partial charge in [0.15, 0.2) is 0 Å². The van der Waals surface area contributed by atoms with E-state index in [1.165, 1.54) is 0 Å². The summed E-state index contributed by atoms with van der Waals surface area (Å²) in [4.78, 5) is 16.8. The van der Waals surface area contributed by atoms with Crippen molar-refractivity contribution in [3.05, 3.63) is 29.0 Å². The van der Waals surface area contributed by atoms with Crippen LogP contribution in [0.15, 0.2) is 39.0 Å². The van der Waals surface area contributed by atoms with Gasteiger partial charge in [0.1, 0.15) is 5.52 Å². The van der Waals surface area contributed by atoms with Gasteiger partial charge in [0.2, 0.25) is 6.29 Å². The summed E-state index contributed by atoms with van der Waals surface area (Å²) in [6.07, 6.45) is 6.44. The van der Waals surface area contributed by atoms with Crippen LogP contribution in [-0.4, -0.2) is 34.2 Å². The highest BCUT2D eigenvalue weighted by Crippen LogP contribution is 2.29. The third-order valence-electron chi connectivity index (χ3n) is 2.38. The molecule has 0 radical (unpaired) electrons. The SMILES string of the molecule is Brc1c(NC2N=CC=N2)ccc2nccnc12.O. The standard InChI is InChI=1S/C11H8BrN5.H2O/c12-9-7(17-11-15-5-6-16-11)1-2-8-10(9)14-4-3-13-8;/h1-6,11,17H;1H2. The van der Waals surface area contributed by atoms with Crippen LogP contribution in [0.4, 0.5) is 5.69 Å². The number of aliphatic imine (C=N–C) groups is 2. The quantitative estimate of drug-likeness (QED) is 0.909. The molecule has 0 saturated heterocycles. The van der Waals surface area contributed by atoms with Crippen LogP contribution in [-0.2, 0) is 0 Å². The Balaban J connectivity index is 0.00000120. The molecule has 7 heteroatoms. The number of nitrogens with zero attached hydrogens (tertiary/aromatic N) is 4. The molecule has 18 heavy (non-hydrogen) atoms. The molecule has 0 unspecified atom stereocenters. The molecule has 0 spiro atoms. The van der Waals surface area contributed by atoms with Crippen molar-refractivity contribution in [3.8, 4) is 0 Å². The number of fused-ring (bicyclic) bond motifs is 1. The van der Waals surface area contributed by atoms with Gasteiger partial charge < -0.3 is 10.8 Å². The number of anilines is 1. The second-order valence-electron chi connectivity index (χ2n) is 3.47. The fraction of sp³-hybridized carbons (Fsp3) is 0.0909. The Kier molecular flexibility index (Phi) is 3.63. The van der Waals surface area contributed by atoms with E-state index in [0.717, 1.165) is 21.2 Å². The number of halogens is 1. The second-order valence-corrected chi connectivity index (χ2v) is 4.26. The molecule has 1 aromatic carbocycles. The van der Waals surface area contributed by atoms with Gasteiger partial charge in [-0.25, -0.2) is 9.98 Å². The van der Waals surface area contributed by atoms with Gasteiger partial charge >= 0.3 is 0 Å². The van der Waals surface area contributed by atoms with E-state index in [0.29, 0.717) is 0 Å². The van der Waals surface area contributed by atoms with Crippen molar-refractivity contribution in [2.45, 2.75) is 6.29 Å². The molecule has 0 bridgehead atoms. The van der Waals surface area contributed by atoms with Crippen molar-refractivity contribution in [1.29, 1.82) is 0 Å². The summed E-state index contributed by atoms with van der Waals surface area (Å²) in [6.45, 7) is 0. The summed E-state index contributed by atoms with van der Waals surface area (Å²) in [5, 5.41) is 3.19. The monoisotopic (exact) mass is 307 g/mol. The Morgan fingerprint density at radius 2 is 1.78 bits per heavy atom. The van der Waals surface area contributed by atoms with Gasteiger partial charge in [-0.15, -0.1) is 0 Å². The van der Waals surface area contributed by atoms with Crippen LogP contribution in [0, 0.1) is 0 Å². The molecule has 0 fully saturated rings. The Labute approximate surface area is 111 Å². The fourth-order valence-corrected chi connectivity index (χ4v) is 2.16. The maximum absolute atomic E-state index is 4.29. The molecule has 3 rings (SSSR count). The fourth-order valence-electron chi connectivity index (χ4n) is 1.61. The predicted octanol–water partition coefficient (Wildman–Crippen LogP) is 1.42. The zero-order valence-corrected chi connectivity index (χ0v) is 10.8. The first-order chi connectivity index (χ1) is 8.34. The van der Waals surface area contributed by atoms with Gasteiger partial charge in [0.25, 0.3) is 0 Å². The Morgan fingerprint density at radius 1 is 1.06 bits per heavy atom. The lowest BCUT2D eigenvalue weighted by atomic mass is 10.2. The summed E-state index contributed by atoms with van der Waals surface area (Å²) in [7, 11) is 0. The lowest BCUT2D eigenvalue weighted by Gasteiger charge is -2.11. The molecule has 1 aliphatic heterocycles. The van der Waals surface area contributed by atoms with Gasteiger partial charge in [0.05, 0.1) is 15.7 Å². The number of rotatable bonds is 2. The minimum Gasteiger partial charge on any atom is -0.412 e. The van der Waals surface area contributed by atoms with E-state index in [1.54, 1.807) is 24.8 Å². The average molecular weight is 308 g/mol.